The number of fused-ring (bicyclic) bond motifs is 1. The van der Waals surface area contributed by atoms with Crippen LogP contribution in [0.2, 0.25) is 0 Å². The van der Waals surface area contributed by atoms with E-state index < -0.39 is 0 Å². The van der Waals surface area contributed by atoms with Crippen LogP contribution in [0.15, 0.2) is 42.5 Å². The number of nitrogens with zero attached hydrogens (tertiary/aromatic N) is 2. The highest BCUT2D eigenvalue weighted by Gasteiger charge is 2.30. The first-order valence-corrected chi connectivity index (χ1v) is 10.0. The smallest absolute Gasteiger partial charge is 0.254 e. The van der Waals surface area contributed by atoms with Gasteiger partial charge in [-0.25, -0.2) is 0 Å². The van der Waals surface area contributed by atoms with E-state index in [0.29, 0.717) is 23.1 Å². The van der Waals surface area contributed by atoms with Gasteiger partial charge in [0.15, 0.2) is 0 Å². The molecule has 2 aliphatic rings. The maximum absolute atomic E-state index is 13.2. The molecule has 0 aromatic heterocycles. The van der Waals surface area contributed by atoms with Crippen LogP contribution in [0.1, 0.15) is 34.3 Å². The molecule has 5 nitrogen and oxygen atoms in total. The van der Waals surface area contributed by atoms with Gasteiger partial charge in [-0.2, -0.15) is 0 Å². The fourth-order valence-corrected chi connectivity index (χ4v) is 4.38. The number of ether oxygens (including phenoxy) is 2. The molecule has 0 N–H and O–H groups in total. The highest BCUT2D eigenvalue weighted by molar-refractivity contribution is 5.95. The minimum Gasteiger partial charge on any atom is -0.497 e. The Morgan fingerprint density at radius 2 is 1.71 bits per heavy atom. The molecule has 4 rings (SSSR count). The van der Waals surface area contributed by atoms with E-state index in [2.05, 4.69) is 29.2 Å². The summed E-state index contributed by atoms with van der Waals surface area (Å²) in [6.45, 7) is 3.63. The van der Waals surface area contributed by atoms with E-state index in [1.165, 1.54) is 11.1 Å². The molecule has 0 unspecified atom stereocenters. The van der Waals surface area contributed by atoms with E-state index in [4.69, 9.17) is 9.47 Å². The lowest BCUT2D eigenvalue weighted by molar-refractivity contribution is 0.0548. The number of likely N-dealkylation sites (tertiary alicyclic amines) is 1. The first-order chi connectivity index (χ1) is 13.7. The topological polar surface area (TPSA) is 42.0 Å². The van der Waals surface area contributed by atoms with Crippen molar-refractivity contribution in [1.29, 1.82) is 0 Å². The van der Waals surface area contributed by atoms with Crippen LogP contribution >= 0.6 is 0 Å². The van der Waals surface area contributed by atoms with Crippen LogP contribution in [0.3, 0.4) is 0 Å². The van der Waals surface area contributed by atoms with Crippen molar-refractivity contribution in [2.24, 2.45) is 0 Å². The third-order valence-corrected chi connectivity index (χ3v) is 5.96. The van der Waals surface area contributed by atoms with Crippen molar-refractivity contribution < 1.29 is 14.3 Å². The number of carbonyl (C=O) groups is 1. The van der Waals surface area contributed by atoms with Crippen molar-refractivity contribution in [3.8, 4) is 11.5 Å². The lowest BCUT2D eigenvalue weighted by atomic mass is 9.95. The van der Waals surface area contributed by atoms with Crippen molar-refractivity contribution in [3.05, 3.63) is 59.2 Å². The first-order valence-electron chi connectivity index (χ1n) is 10.0. The van der Waals surface area contributed by atoms with Gasteiger partial charge in [-0.1, -0.05) is 24.3 Å². The maximum atomic E-state index is 13.2. The predicted octanol–water partition coefficient (Wildman–Crippen LogP) is 3.37. The van der Waals surface area contributed by atoms with Crippen LogP contribution in [-0.2, 0) is 13.0 Å². The second kappa shape index (κ2) is 8.23. The van der Waals surface area contributed by atoms with E-state index in [1.54, 1.807) is 32.4 Å². The highest BCUT2D eigenvalue weighted by Crippen LogP contribution is 2.27. The second-order valence-electron chi connectivity index (χ2n) is 7.64. The molecule has 1 fully saturated rings. The van der Waals surface area contributed by atoms with Crippen LogP contribution in [0, 0.1) is 0 Å². The maximum Gasteiger partial charge on any atom is 0.254 e. The minimum absolute atomic E-state index is 0.0549. The summed E-state index contributed by atoms with van der Waals surface area (Å²) < 4.78 is 10.7. The zero-order valence-corrected chi connectivity index (χ0v) is 16.7. The van der Waals surface area contributed by atoms with Crippen LogP contribution in [0.5, 0.6) is 11.5 Å². The van der Waals surface area contributed by atoms with Crippen LogP contribution < -0.4 is 9.47 Å². The summed E-state index contributed by atoms with van der Waals surface area (Å²) in [6.07, 6.45) is 3.27. The number of amides is 1. The fraction of sp³-hybridized carbons (Fsp3) is 0.435. The standard InChI is InChI=1S/C23H28N2O3/c1-27-21-12-19(13-22(14-21)28-2)23(26)25-10-5-8-20(16-25)24-11-9-17-6-3-4-7-18(17)15-24/h3-4,6-7,12-14,20H,5,8-11,15-16H2,1-2H3/t20-/m0/s1. The zero-order chi connectivity index (χ0) is 19.5. The number of hydrogen-bond donors (Lipinski definition) is 0. The van der Waals surface area contributed by atoms with E-state index in [0.717, 1.165) is 45.4 Å². The Morgan fingerprint density at radius 3 is 2.43 bits per heavy atom. The average molecular weight is 380 g/mol. The van der Waals surface area contributed by atoms with Gasteiger partial charge < -0.3 is 14.4 Å². The predicted molar refractivity (Wildman–Crippen MR) is 109 cm³/mol. The number of rotatable bonds is 4. The molecular formula is C23H28N2O3. The number of hydrogen-bond acceptors (Lipinski definition) is 4. The van der Waals surface area contributed by atoms with Gasteiger partial charge in [-0.15, -0.1) is 0 Å². The Bertz CT molecular complexity index is 829. The molecule has 28 heavy (non-hydrogen) atoms. The lowest BCUT2D eigenvalue weighted by Gasteiger charge is -2.41. The Balaban J connectivity index is 1.48. The quantitative estimate of drug-likeness (QED) is 0.816. The van der Waals surface area contributed by atoms with Gasteiger partial charge in [0, 0.05) is 43.9 Å². The molecule has 2 aromatic rings. The Hall–Kier alpha value is -2.53. The Kier molecular flexibility index (Phi) is 5.53. The summed E-state index contributed by atoms with van der Waals surface area (Å²) >= 11 is 0. The van der Waals surface area contributed by atoms with Crippen molar-refractivity contribution in [1.82, 2.24) is 9.80 Å². The van der Waals surface area contributed by atoms with E-state index >= 15 is 0 Å². The molecule has 0 saturated carbocycles. The summed E-state index contributed by atoms with van der Waals surface area (Å²) in [6, 6.07) is 14.5. The summed E-state index contributed by atoms with van der Waals surface area (Å²) in [4.78, 5) is 17.7. The van der Waals surface area contributed by atoms with Gasteiger partial charge in [0.05, 0.1) is 14.2 Å². The Morgan fingerprint density at radius 1 is 1.00 bits per heavy atom. The molecule has 2 aliphatic heterocycles. The highest BCUT2D eigenvalue weighted by atomic mass is 16.5. The van der Waals surface area contributed by atoms with Crippen molar-refractivity contribution in [2.45, 2.75) is 31.8 Å². The van der Waals surface area contributed by atoms with Gasteiger partial charge in [-0.05, 0) is 42.5 Å². The van der Waals surface area contributed by atoms with Crippen LogP contribution in [-0.4, -0.2) is 55.6 Å². The van der Waals surface area contributed by atoms with Crippen LogP contribution in [0.25, 0.3) is 0 Å². The van der Waals surface area contributed by atoms with Gasteiger partial charge >= 0.3 is 0 Å². The monoisotopic (exact) mass is 380 g/mol. The molecule has 0 spiro atoms. The number of methoxy groups -OCH3 is 2. The molecule has 1 atom stereocenters. The van der Waals surface area contributed by atoms with Gasteiger partial charge in [0.1, 0.15) is 11.5 Å². The van der Waals surface area contributed by atoms with E-state index in [9.17, 15) is 4.79 Å². The van der Waals surface area contributed by atoms with Gasteiger partial charge in [0.2, 0.25) is 0 Å². The molecule has 5 heteroatoms. The fourth-order valence-electron chi connectivity index (χ4n) is 4.38. The summed E-state index contributed by atoms with van der Waals surface area (Å²) in [7, 11) is 3.21. The summed E-state index contributed by atoms with van der Waals surface area (Å²) in [5.41, 5.74) is 3.52. The van der Waals surface area contributed by atoms with Gasteiger partial charge in [0.25, 0.3) is 5.91 Å². The van der Waals surface area contributed by atoms with Gasteiger partial charge in [-0.3, -0.25) is 9.69 Å². The van der Waals surface area contributed by atoms with E-state index in [1.807, 2.05) is 4.90 Å². The number of benzene rings is 2. The molecule has 1 saturated heterocycles. The SMILES string of the molecule is COc1cc(OC)cc(C(=O)N2CCC[C@H](N3CCc4ccccc4C3)C2)c1. The third kappa shape index (κ3) is 3.85. The summed E-state index contributed by atoms with van der Waals surface area (Å²) in [5.74, 6) is 1.34. The van der Waals surface area contributed by atoms with Crippen molar-refractivity contribution in [3.63, 3.8) is 0 Å². The average Bonchev–Trinajstić information content (AvgIpc) is 2.77. The Labute approximate surface area is 166 Å². The largest absolute Gasteiger partial charge is 0.497 e. The molecule has 2 aromatic carbocycles. The second-order valence-corrected chi connectivity index (χ2v) is 7.64. The third-order valence-electron chi connectivity index (χ3n) is 5.96. The molecule has 0 bridgehead atoms. The summed E-state index contributed by atoms with van der Waals surface area (Å²) in [5, 5.41) is 0. The minimum atomic E-state index is 0.0549. The molecule has 1 amide bonds. The van der Waals surface area contributed by atoms with Crippen molar-refractivity contribution >= 4 is 5.91 Å². The first kappa shape index (κ1) is 18.8. The van der Waals surface area contributed by atoms with Crippen molar-refractivity contribution in [2.75, 3.05) is 33.9 Å². The molecule has 0 radical (unpaired) electrons. The lowest BCUT2D eigenvalue weighted by Crippen LogP contribution is -2.51. The molecule has 148 valence electrons. The normalized spacial score (nSPS) is 19.8. The van der Waals surface area contributed by atoms with E-state index in [-0.39, 0.29) is 5.91 Å². The molecular weight excluding hydrogens is 352 g/mol. The molecule has 0 aliphatic carbocycles. The number of carbonyl (C=O) groups excluding carboxylic acids is 1. The van der Waals surface area contributed by atoms with Crippen LogP contribution in [0.4, 0.5) is 0 Å². The molecule has 2 heterocycles. The number of piperidine rings is 1. The zero-order valence-electron chi connectivity index (χ0n) is 16.7.